The molecule has 0 aliphatic heterocycles. The molecule has 1 N–H and O–H groups in total. The topological polar surface area (TPSA) is 41.6 Å². The zero-order valence-corrected chi connectivity index (χ0v) is 15.0. The Bertz CT molecular complexity index is 673. The Morgan fingerprint density at radius 2 is 1.88 bits per heavy atom. The highest BCUT2D eigenvalue weighted by Crippen LogP contribution is 2.22. The van der Waals surface area contributed by atoms with Gasteiger partial charge in [0.1, 0.15) is 12.4 Å². The quantitative estimate of drug-likeness (QED) is 0.840. The molecule has 0 radical (unpaired) electrons. The van der Waals surface area contributed by atoms with Crippen LogP contribution in [0.1, 0.15) is 24.1 Å². The third-order valence-corrected chi connectivity index (χ3v) is 4.12. The van der Waals surface area contributed by atoms with Crippen molar-refractivity contribution in [3.63, 3.8) is 0 Å². The number of likely N-dealkylation sites (N-methyl/N-ethyl adjacent to an activating group) is 1. The number of hydrogen-bond donors (Lipinski definition) is 1. The molecule has 0 saturated heterocycles. The summed E-state index contributed by atoms with van der Waals surface area (Å²) >= 11 is 6.16. The number of nitrogens with zero attached hydrogens (tertiary/aromatic N) is 1. The van der Waals surface area contributed by atoms with Crippen molar-refractivity contribution in [1.29, 1.82) is 0 Å². The van der Waals surface area contributed by atoms with Crippen LogP contribution in [0.4, 0.5) is 4.79 Å². The van der Waals surface area contributed by atoms with Gasteiger partial charge in [0.25, 0.3) is 0 Å². The third kappa shape index (κ3) is 5.17. The van der Waals surface area contributed by atoms with Gasteiger partial charge in [0, 0.05) is 12.1 Å². The van der Waals surface area contributed by atoms with Gasteiger partial charge in [-0.2, -0.15) is 0 Å². The second-order valence-electron chi connectivity index (χ2n) is 5.78. The van der Waals surface area contributed by atoms with Gasteiger partial charge in [-0.05, 0) is 37.6 Å². The number of aryl methyl sites for hydroxylation is 1. The lowest BCUT2D eigenvalue weighted by Crippen LogP contribution is -2.40. The number of carbonyl (C=O) groups excluding carboxylic acids is 1. The second kappa shape index (κ2) is 8.60. The largest absolute Gasteiger partial charge is 0.492 e. The number of rotatable bonds is 6. The fourth-order valence-electron chi connectivity index (χ4n) is 2.24. The number of benzene rings is 2. The van der Waals surface area contributed by atoms with E-state index in [1.165, 1.54) is 5.56 Å². The minimum Gasteiger partial charge on any atom is -0.492 e. The minimum atomic E-state index is -0.160. The molecule has 0 spiro atoms. The molecule has 0 saturated carbocycles. The number of halogens is 1. The lowest BCUT2D eigenvalue weighted by atomic mass is 10.1. The van der Waals surface area contributed by atoms with Crippen molar-refractivity contribution in [3.05, 3.63) is 64.7 Å². The fraction of sp³-hybridized carbons (Fsp3) is 0.316. The SMILES string of the molecule is Cc1ccc(OCCN(C)C(=O)NC(C)c2ccccc2Cl)cc1. The Balaban J connectivity index is 1.79. The van der Waals surface area contributed by atoms with E-state index in [4.69, 9.17) is 16.3 Å². The molecule has 0 bridgehead atoms. The molecule has 2 rings (SSSR count). The minimum absolute atomic E-state index is 0.157. The van der Waals surface area contributed by atoms with E-state index >= 15 is 0 Å². The van der Waals surface area contributed by atoms with Gasteiger partial charge in [-0.15, -0.1) is 0 Å². The van der Waals surface area contributed by atoms with Gasteiger partial charge in [-0.25, -0.2) is 4.79 Å². The van der Waals surface area contributed by atoms with Crippen LogP contribution >= 0.6 is 11.6 Å². The van der Waals surface area contributed by atoms with Crippen molar-refractivity contribution in [2.24, 2.45) is 0 Å². The molecule has 0 aromatic heterocycles. The molecule has 2 aromatic rings. The van der Waals surface area contributed by atoms with E-state index in [1.807, 2.05) is 62.4 Å². The van der Waals surface area contributed by atoms with Crippen LogP contribution in [0, 0.1) is 6.92 Å². The Kier molecular flexibility index (Phi) is 6.50. The Hall–Kier alpha value is -2.20. The summed E-state index contributed by atoms with van der Waals surface area (Å²) in [6, 6.07) is 15.0. The summed E-state index contributed by atoms with van der Waals surface area (Å²) in [4.78, 5) is 13.8. The molecule has 5 heteroatoms. The average molecular weight is 347 g/mol. The van der Waals surface area contributed by atoms with Crippen LogP contribution < -0.4 is 10.1 Å². The van der Waals surface area contributed by atoms with Crippen molar-refractivity contribution in [1.82, 2.24) is 10.2 Å². The van der Waals surface area contributed by atoms with Gasteiger partial charge in [0.05, 0.1) is 12.6 Å². The summed E-state index contributed by atoms with van der Waals surface area (Å²) in [6.07, 6.45) is 0. The van der Waals surface area contributed by atoms with Crippen LogP contribution in [0.3, 0.4) is 0 Å². The smallest absolute Gasteiger partial charge is 0.317 e. The molecule has 2 aromatic carbocycles. The number of urea groups is 1. The number of hydrogen-bond acceptors (Lipinski definition) is 2. The van der Waals surface area contributed by atoms with E-state index < -0.39 is 0 Å². The maximum Gasteiger partial charge on any atom is 0.317 e. The van der Waals surface area contributed by atoms with Crippen molar-refractivity contribution < 1.29 is 9.53 Å². The van der Waals surface area contributed by atoms with Gasteiger partial charge >= 0.3 is 6.03 Å². The summed E-state index contributed by atoms with van der Waals surface area (Å²) in [6.45, 7) is 4.88. The van der Waals surface area contributed by atoms with Crippen LogP contribution in [0.5, 0.6) is 5.75 Å². The molecule has 0 aliphatic rings. The standard InChI is InChI=1S/C19H23ClN2O2/c1-14-8-10-16(11-9-14)24-13-12-22(3)19(23)21-15(2)17-6-4-5-7-18(17)20/h4-11,15H,12-13H2,1-3H3,(H,21,23). The normalized spacial score (nSPS) is 11.7. The summed E-state index contributed by atoms with van der Waals surface area (Å²) < 4.78 is 5.65. The maximum absolute atomic E-state index is 12.2. The molecule has 0 fully saturated rings. The van der Waals surface area contributed by atoms with E-state index in [2.05, 4.69) is 5.32 Å². The van der Waals surface area contributed by atoms with Crippen molar-refractivity contribution in [3.8, 4) is 5.75 Å². The molecular weight excluding hydrogens is 324 g/mol. The first-order chi connectivity index (χ1) is 11.5. The van der Waals surface area contributed by atoms with E-state index in [0.717, 1.165) is 11.3 Å². The monoisotopic (exact) mass is 346 g/mol. The van der Waals surface area contributed by atoms with Crippen molar-refractivity contribution >= 4 is 17.6 Å². The zero-order valence-electron chi connectivity index (χ0n) is 14.3. The van der Waals surface area contributed by atoms with E-state index in [1.54, 1.807) is 11.9 Å². The van der Waals surface area contributed by atoms with Crippen LogP contribution in [-0.4, -0.2) is 31.1 Å². The summed E-state index contributed by atoms with van der Waals surface area (Å²) in [7, 11) is 1.74. The third-order valence-electron chi connectivity index (χ3n) is 3.77. The maximum atomic E-state index is 12.2. The highest BCUT2D eigenvalue weighted by atomic mass is 35.5. The number of nitrogens with one attached hydrogen (secondary N) is 1. The Labute approximate surface area is 148 Å². The molecule has 2 amide bonds. The number of ether oxygens (including phenoxy) is 1. The molecule has 4 nitrogen and oxygen atoms in total. The first kappa shape index (κ1) is 18.1. The van der Waals surface area contributed by atoms with E-state index in [0.29, 0.717) is 18.2 Å². The predicted molar refractivity (Wildman–Crippen MR) is 97.7 cm³/mol. The lowest BCUT2D eigenvalue weighted by Gasteiger charge is -2.22. The average Bonchev–Trinajstić information content (AvgIpc) is 2.56. The van der Waals surface area contributed by atoms with Crippen LogP contribution in [-0.2, 0) is 0 Å². The van der Waals surface area contributed by atoms with Crippen LogP contribution in [0.15, 0.2) is 48.5 Å². The van der Waals surface area contributed by atoms with Gasteiger partial charge in [-0.1, -0.05) is 47.5 Å². The molecule has 0 heterocycles. The first-order valence-corrected chi connectivity index (χ1v) is 8.30. The van der Waals surface area contributed by atoms with Gasteiger partial charge in [-0.3, -0.25) is 0 Å². The lowest BCUT2D eigenvalue weighted by molar-refractivity contribution is 0.192. The summed E-state index contributed by atoms with van der Waals surface area (Å²) in [5.74, 6) is 0.804. The zero-order chi connectivity index (χ0) is 17.5. The highest BCUT2D eigenvalue weighted by molar-refractivity contribution is 6.31. The molecule has 1 atom stereocenters. The van der Waals surface area contributed by atoms with Gasteiger partial charge < -0.3 is 15.0 Å². The molecule has 128 valence electrons. The van der Waals surface area contributed by atoms with E-state index in [-0.39, 0.29) is 12.1 Å². The van der Waals surface area contributed by atoms with Gasteiger partial charge in [0.2, 0.25) is 0 Å². The summed E-state index contributed by atoms with van der Waals surface area (Å²) in [5, 5.41) is 3.59. The van der Waals surface area contributed by atoms with Crippen LogP contribution in [0.25, 0.3) is 0 Å². The van der Waals surface area contributed by atoms with Crippen LogP contribution in [0.2, 0.25) is 5.02 Å². The Morgan fingerprint density at radius 1 is 1.21 bits per heavy atom. The number of amides is 2. The highest BCUT2D eigenvalue weighted by Gasteiger charge is 2.15. The van der Waals surface area contributed by atoms with Gasteiger partial charge in [0.15, 0.2) is 0 Å². The first-order valence-electron chi connectivity index (χ1n) is 7.93. The molecule has 1 unspecified atom stereocenters. The Morgan fingerprint density at radius 3 is 2.54 bits per heavy atom. The molecule has 0 aliphatic carbocycles. The van der Waals surface area contributed by atoms with E-state index in [9.17, 15) is 4.79 Å². The fourth-order valence-corrected chi connectivity index (χ4v) is 2.54. The van der Waals surface area contributed by atoms with Crippen molar-refractivity contribution in [2.45, 2.75) is 19.9 Å². The predicted octanol–water partition coefficient (Wildman–Crippen LogP) is 4.43. The molecule has 24 heavy (non-hydrogen) atoms. The number of carbonyl (C=O) groups is 1. The molecular formula is C19H23ClN2O2. The summed E-state index contributed by atoms with van der Waals surface area (Å²) in [5.41, 5.74) is 2.09. The second-order valence-corrected chi connectivity index (χ2v) is 6.18. The van der Waals surface area contributed by atoms with Crippen molar-refractivity contribution in [2.75, 3.05) is 20.2 Å².